The van der Waals surface area contributed by atoms with E-state index < -0.39 is 9.84 Å². The summed E-state index contributed by atoms with van der Waals surface area (Å²) < 4.78 is 22.9. The molecule has 1 saturated heterocycles. The molecule has 0 spiro atoms. The Hall–Kier alpha value is -1.44. The summed E-state index contributed by atoms with van der Waals surface area (Å²) in [6.07, 6.45) is 4.32. The van der Waals surface area contributed by atoms with Crippen molar-refractivity contribution in [2.75, 3.05) is 35.3 Å². The molecule has 1 atom stereocenters. The molecule has 20 heavy (non-hydrogen) atoms. The predicted molar refractivity (Wildman–Crippen MR) is 78.7 cm³/mol. The van der Waals surface area contributed by atoms with Crippen molar-refractivity contribution in [3.8, 4) is 0 Å². The highest BCUT2D eigenvalue weighted by Crippen LogP contribution is 2.16. The zero-order valence-corrected chi connectivity index (χ0v) is 12.7. The van der Waals surface area contributed by atoms with Gasteiger partial charge in [0, 0.05) is 19.6 Å². The number of unbranched alkanes of at least 4 members (excludes halogenated alkanes) is 1. The van der Waals surface area contributed by atoms with E-state index in [9.17, 15) is 8.42 Å². The van der Waals surface area contributed by atoms with Crippen LogP contribution in [0.2, 0.25) is 0 Å². The number of hydrogen-bond donors (Lipinski definition) is 1. The number of anilines is 2. The van der Waals surface area contributed by atoms with Gasteiger partial charge in [-0.05, 0) is 12.8 Å². The molecule has 0 saturated carbocycles. The van der Waals surface area contributed by atoms with Gasteiger partial charge in [0.15, 0.2) is 15.7 Å². The summed E-state index contributed by atoms with van der Waals surface area (Å²) >= 11 is 0. The molecule has 1 aliphatic rings. The molecule has 1 fully saturated rings. The van der Waals surface area contributed by atoms with Crippen LogP contribution in [0.4, 0.5) is 11.8 Å². The summed E-state index contributed by atoms with van der Waals surface area (Å²) in [6, 6.07) is -0.0782. The first kappa shape index (κ1) is 15.0. The summed E-state index contributed by atoms with van der Waals surface area (Å²) in [5.74, 6) is 1.55. The summed E-state index contributed by atoms with van der Waals surface area (Å²) in [5, 5.41) is 11.1. The lowest BCUT2D eigenvalue weighted by molar-refractivity contribution is 0.602. The second kappa shape index (κ2) is 6.34. The molecule has 0 amide bonds. The molecule has 2 heterocycles. The molecule has 8 heteroatoms. The van der Waals surface area contributed by atoms with Crippen molar-refractivity contribution < 1.29 is 8.42 Å². The molecule has 0 radical (unpaired) electrons. The minimum absolute atomic E-state index is 0.0782. The lowest BCUT2D eigenvalue weighted by Crippen LogP contribution is -2.24. The maximum absolute atomic E-state index is 11.4. The zero-order valence-electron chi connectivity index (χ0n) is 11.9. The van der Waals surface area contributed by atoms with Crippen LogP contribution < -0.4 is 10.2 Å². The second-order valence-electron chi connectivity index (χ2n) is 5.16. The van der Waals surface area contributed by atoms with E-state index in [2.05, 4.69) is 27.4 Å². The molecular weight excluding hydrogens is 278 g/mol. The molecule has 1 aromatic heterocycles. The monoisotopic (exact) mass is 299 g/mol. The quantitative estimate of drug-likeness (QED) is 0.827. The number of nitrogens with one attached hydrogen (secondary N) is 1. The molecule has 0 aromatic carbocycles. The van der Waals surface area contributed by atoms with E-state index in [1.54, 1.807) is 0 Å². The molecule has 1 aromatic rings. The summed E-state index contributed by atoms with van der Waals surface area (Å²) in [5.41, 5.74) is 0. The van der Waals surface area contributed by atoms with Gasteiger partial charge in [-0.3, -0.25) is 0 Å². The summed E-state index contributed by atoms with van der Waals surface area (Å²) in [7, 11) is -0.964. The van der Waals surface area contributed by atoms with Crippen LogP contribution in [-0.2, 0) is 9.84 Å². The fourth-order valence-electron chi connectivity index (χ4n) is 2.14. The third-order valence-electron chi connectivity index (χ3n) is 3.32. The third-order valence-corrected chi connectivity index (χ3v) is 5.09. The standard InChI is InChI=1S/C12H21N5O2S/c1-3-4-6-17(2)12-15-11(8-13-16-12)14-10-5-7-20(18,19)9-10/h8,10H,3-7,9H2,1-2H3,(H,14,15,16). The fraction of sp³-hybridized carbons (Fsp3) is 0.750. The van der Waals surface area contributed by atoms with E-state index in [4.69, 9.17) is 0 Å². The van der Waals surface area contributed by atoms with Crippen molar-refractivity contribution in [3.05, 3.63) is 6.20 Å². The highest BCUT2D eigenvalue weighted by Gasteiger charge is 2.28. The number of rotatable bonds is 6. The lowest BCUT2D eigenvalue weighted by Gasteiger charge is -2.17. The van der Waals surface area contributed by atoms with Crippen molar-refractivity contribution in [3.63, 3.8) is 0 Å². The van der Waals surface area contributed by atoms with E-state index in [1.165, 1.54) is 6.20 Å². The molecule has 0 aliphatic carbocycles. The van der Waals surface area contributed by atoms with Gasteiger partial charge in [-0.1, -0.05) is 13.3 Å². The lowest BCUT2D eigenvalue weighted by atomic mass is 10.3. The first-order chi connectivity index (χ1) is 9.50. The Morgan fingerprint density at radius 3 is 2.95 bits per heavy atom. The highest BCUT2D eigenvalue weighted by atomic mass is 32.2. The normalized spacial score (nSPS) is 20.8. The molecule has 2 rings (SSSR count). The highest BCUT2D eigenvalue weighted by molar-refractivity contribution is 7.91. The van der Waals surface area contributed by atoms with Crippen molar-refractivity contribution in [2.24, 2.45) is 0 Å². The number of aromatic nitrogens is 3. The molecule has 0 bridgehead atoms. The van der Waals surface area contributed by atoms with Crippen LogP contribution in [0, 0.1) is 0 Å². The molecule has 1 aliphatic heterocycles. The van der Waals surface area contributed by atoms with Crippen LogP contribution >= 0.6 is 0 Å². The van der Waals surface area contributed by atoms with Gasteiger partial charge >= 0.3 is 0 Å². The Morgan fingerprint density at radius 2 is 2.30 bits per heavy atom. The minimum atomic E-state index is -2.89. The fourth-order valence-corrected chi connectivity index (χ4v) is 3.81. The van der Waals surface area contributed by atoms with Crippen molar-refractivity contribution in [1.82, 2.24) is 15.2 Å². The van der Waals surface area contributed by atoms with E-state index >= 15 is 0 Å². The summed E-state index contributed by atoms with van der Waals surface area (Å²) in [6.45, 7) is 3.00. The SMILES string of the molecule is CCCCN(C)c1nncc(NC2CCS(=O)(=O)C2)n1. The van der Waals surface area contributed by atoms with E-state index in [-0.39, 0.29) is 17.5 Å². The Morgan fingerprint density at radius 1 is 1.50 bits per heavy atom. The van der Waals surface area contributed by atoms with Gasteiger partial charge < -0.3 is 10.2 Å². The van der Waals surface area contributed by atoms with Crippen molar-refractivity contribution in [2.45, 2.75) is 32.2 Å². The second-order valence-corrected chi connectivity index (χ2v) is 7.39. The van der Waals surface area contributed by atoms with Gasteiger partial charge in [-0.15, -0.1) is 5.10 Å². The molecule has 1 unspecified atom stereocenters. The minimum Gasteiger partial charge on any atom is -0.365 e. The van der Waals surface area contributed by atoms with E-state index in [1.807, 2.05) is 11.9 Å². The maximum Gasteiger partial charge on any atom is 0.247 e. The largest absolute Gasteiger partial charge is 0.365 e. The van der Waals surface area contributed by atoms with Crippen LogP contribution in [0.1, 0.15) is 26.2 Å². The first-order valence-electron chi connectivity index (χ1n) is 6.88. The number of nitrogens with zero attached hydrogens (tertiary/aromatic N) is 4. The number of hydrogen-bond acceptors (Lipinski definition) is 7. The van der Waals surface area contributed by atoms with Gasteiger partial charge in [0.2, 0.25) is 5.95 Å². The Labute approximate surface area is 119 Å². The average Bonchev–Trinajstić information content (AvgIpc) is 2.75. The maximum atomic E-state index is 11.4. The topological polar surface area (TPSA) is 88.1 Å². The van der Waals surface area contributed by atoms with E-state index in [0.29, 0.717) is 18.2 Å². The van der Waals surface area contributed by atoms with Crippen molar-refractivity contribution in [1.29, 1.82) is 0 Å². The Kier molecular flexibility index (Phi) is 4.74. The Balaban J connectivity index is 1.99. The van der Waals surface area contributed by atoms with Gasteiger partial charge in [-0.25, -0.2) is 8.42 Å². The van der Waals surface area contributed by atoms with E-state index in [0.717, 1.165) is 19.4 Å². The van der Waals surface area contributed by atoms with Gasteiger partial charge in [0.05, 0.1) is 17.7 Å². The molecule has 7 nitrogen and oxygen atoms in total. The summed E-state index contributed by atoms with van der Waals surface area (Å²) in [4.78, 5) is 6.33. The van der Waals surface area contributed by atoms with Crippen molar-refractivity contribution >= 4 is 21.6 Å². The zero-order chi connectivity index (χ0) is 14.6. The molecular formula is C12H21N5O2S. The van der Waals surface area contributed by atoms with Crippen LogP contribution in [0.25, 0.3) is 0 Å². The average molecular weight is 299 g/mol. The third kappa shape index (κ3) is 4.03. The molecule has 1 N–H and O–H groups in total. The smallest absolute Gasteiger partial charge is 0.247 e. The predicted octanol–water partition coefficient (Wildman–Crippen LogP) is 0.707. The Bertz CT molecular complexity index is 549. The van der Waals surface area contributed by atoms with Crippen LogP contribution in [0.15, 0.2) is 6.20 Å². The molecule has 112 valence electrons. The number of sulfone groups is 1. The van der Waals surface area contributed by atoms with Crippen LogP contribution in [0.3, 0.4) is 0 Å². The van der Waals surface area contributed by atoms with Crippen LogP contribution in [-0.4, -0.2) is 54.7 Å². The van der Waals surface area contributed by atoms with Gasteiger partial charge in [0.1, 0.15) is 0 Å². The van der Waals surface area contributed by atoms with Gasteiger partial charge in [-0.2, -0.15) is 10.1 Å². The first-order valence-corrected chi connectivity index (χ1v) is 8.70. The van der Waals surface area contributed by atoms with Crippen LogP contribution in [0.5, 0.6) is 0 Å². The van der Waals surface area contributed by atoms with Gasteiger partial charge in [0.25, 0.3) is 0 Å².